The number of hydroxylamine groups is 1. The van der Waals surface area contributed by atoms with Crippen LogP contribution in [0.15, 0.2) is 59.9 Å². The summed E-state index contributed by atoms with van der Waals surface area (Å²) in [6, 6.07) is 12.8. The van der Waals surface area contributed by atoms with E-state index >= 15 is 0 Å². The van der Waals surface area contributed by atoms with Gasteiger partial charge in [-0.15, -0.1) is 0 Å². The number of allylic oxidation sites excluding steroid dienone is 4. The molecule has 10 heteroatoms. The van der Waals surface area contributed by atoms with Gasteiger partial charge in [0.2, 0.25) is 11.8 Å². The summed E-state index contributed by atoms with van der Waals surface area (Å²) in [7, 11) is 0. The first-order valence-corrected chi connectivity index (χ1v) is 11.9. The minimum Gasteiger partial charge on any atom is -0.508 e. The van der Waals surface area contributed by atoms with Crippen molar-refractivity contribution in [2.45, 2.75) is 38.5 Å². The fraction of sp³-hybridized carbons (Fsp3) is 0.214. The van der Waals surface area contributed by atoms with E-state index in [0.29, 0.717) is 41.1 Å². The number of phenols is 2. The van der Waals surface area contributed by atoms with Crippen LogP contribution in [0.25, 0.3) is 11.6 Å². The highest BCUT2D eigenvalue weighted by molar-refractivity contribution is 5.92. The number of rotatable bonds is 10. The number of phenolic OH excluding ortho intramolecular Hbond substituents is 2. The monoisotopic (exact) mass is 514 g/mol. The molecule has 0 aromatic heterocycles. The van der Waals surface area contributed by atoms with Crippen molar-refractivity contribution in [1.82, 2.24) is 5.48 Å². The molecule has 1 aliphatic rings. The van der Waals surface area contributed by atoms with E-state index in [9.17, 15) is 30.3 Å². The van der Waals surface area contributed by atoms with E-state index < -0.39 is 5.91 Å². The fourth-order valence-corrected chi connectivity index (χ4v) is 3.76. The normalized spacial score (nSPS) is 12.0. The van der Waals surface area contributed by atoms with Crippen LogP contribution in [0.1, 0.15) is 49.7 Å². The number of benzene rings is 2. The second-order valence-electron chi connectivity index (χ2n) is 8.45. The number of aromatic hydroxyl groups is 2. The van der Waals surface area contributed by atoms with Crippen LogP contribution in [0.3, 0.4) is 0 Å². The molecule has 0 atom stereocenters. The molecule has 10 nitrogen and oxygen atoms in total. The maximum Gasteiger partial charge on any atom is 0.243 e. The zero-order valence-corrected chi connectivity index (χ0v) is 20.4. The third kappa shape index (κ3) is 7.47. The summed E-state index contributed by atoms with van der Waals surface area (Å²) < 4.78 is 5.84. The smallest absolute Gasteiger partial charge is 0.243 e. The second kappa shape index (κ2) is 13.3. The van der Waals surface area contributed by atoms with E-state index in [0.717, 1.165) is 12.8 Å². The number of hydrogen-bond donors (Lipinski definition) is 5. The zero-order valence-electron chi connectivity index (χ0n) is 20.4. The number of nitrogens with one attached hydrogen (secondary N) is 2. The molecule has 1 aliphatic heterocycles. The lowest BCUT2D eigenvalue weighted by molar-refractivity contribution is -0.129. The van der Waals surface area contributed by atoms with Gasteiger partial charge in [-0.25, -0.2) is 5.48 Å². The summed E-state index contributed by atoms with van der Waals surface area (Å²) in [5.74, 6) is -0.101. The van der Waals surface area contributed by atoms with Crippen LogP contribution in [0.2, 0.25) is 0 Å². The Morgan fingerprint density at radius 2 is 1.63 bits per heavy atom. The van der Waals surface area contributed by atoms with Crippen LogP contribution >= 0.6 is 0 Å². The number of carbonyl (C=O) groups is 2. The van der Waals surface area contributed by atoms with Crippen LogP contribution < -0.4 is 15.5 Å². The van der Waals surface area contributed by atoms with Gasteiger partial charge in [-0.2, -0.15) is 10.5 Å². The van der Waals surface area contributed by atoms with E-state index in [2.05, 4.69) is 5.32 Å². The zero-order chi connectivity index (χ0) is 27.5. The Morgan fingerprint density at radius 1 is 0.921 bits per heavy atom. The summed E-state index contributed by atoms with van der Waals surface area (Å²) >= 11 is 0. The average Bonchev–Trinajstić information content (AvgIpc) is 2.91. The predicted molar refractivity (Wildman–Crippen MR) is 138 cm³/mol. The highest BCUT2D eigenvalue weighted by atomic mass is 16.5. The first-order chi connectivity index (χ1) is 18.3. The van der Waals surface area contributed by atoms with Crippen molar-refractivity contribution >= 4 is 29.2 Å². The molecule has 2 amide bonds. The Hall–Kier alpha value is -5.06. The van der Waals surface area contributed by atoms with E-state index in [1.165, 1.54) is 30.3 Å². The van der Waals surface area contributed by atoms with Gasteiger partial charge in [-0.1, -0.05) is 25.0 Å². The van der Waals surface area contributed by atoms with E-state index in [1.54, 1.807) is 29.8 Å². The summed E-state index contributed by atoms with van der Waals surface area (Å²) in [5, 5.41) is 49.9. The van der Waals surface area contributed by atoms with Crippen molar-refractivity contribution < 1.29 is 29.7 Å². The summed E-state index contributed by atoms with van der Waals surface area (Å²) in [6.45, 7) is 0. The van der Waals surface area contributed by atoms with E-state index in [-0.39, 0.29) is 41.5 Å². The molecule has 0 aliphatic carbocycles. The lowest BCUT2D eigenvalue weighted by Gasteiger charge is -2.19. The molecule has 38 heavy (non-hydrogen) atoms. The molecule has 0 saturated carbocycles. The maximum atomic E-state index is 12.3. The SMILES string of the molecule is N#CC(C#N)=C1C=C(/C=C/c2ccc(O)c(NC(=O)CCCCCCC(=O)NO)c2)Oc2ccc(O)cc21. The Labute approximate surface area is 219 Å². The topological polar surface area (TPSA) is 176 Å². The van der Waals surface area contributed by atoms with Crippen molar-refractivity contribution in [1.29, 1.82) is 10.5 Å². The Balaban J connectivity index is 1.66. The number of nitriles is 2. The molecule has 0 saturated heterocycles. The number of amides is 2. The molecule has 5 N–H and O–H groups in total. The molecular formula is C28H26N4O6. The number of ether oxygens (including phenoxy) is 1. The molecule has 2 aromatic carbocycles. The van der Waals surface area contributed by atoms with Gasteiger partial charge < -0.3 is 20.3 Å². The van der Waals surface area contributed by atoms with Gasteiger partial charge in [-0.3, -0.25) is 14.8 Å². The summed E-state index contributed by atoms with van der Waals surface area (Å²) in [4.78, 5) is 23.3. The number of hydrogen-bond acceptors (Lipinski definition) is 8. The Bertz CT molecular complexity index is 1380. The molecule has 194 valence electrons. The van der Waals surface area contributed by atoms with Gasteiger partial charge in [0.1, 0.15) is 40.7 Å². The summed E-state index contributed by atoms with van der Waals surface area (Å²) in [6.07, 6.45) is 8.03. The van der Waals surface area contributed by atoms with Gasteiger partial charge >= 0.3 is 0 Å². The van der Waals surface area contributed by atoms with Gasteiger partial charge in [0.05, 0.1) is 5.69 Å². The van der Waals surface area contributed by atoms with Crippen LogP contribution in [0, 0.1) is 22.7 Å². The van der Waals surface area contributed by atoms with Gasteiger partial charge in [0, 0.05) is 24.0 Å². The minimum absolute atomic E-state index is 0.0294. The van der Waals surface area contributed by atoms with Crippen molar-refractivity contribution in [2.24, 2.45) is 0 Å². The molecular weight excluding hydrogens is 488 g/mol. The predicted octanol–water partition coefficient (Wildman–Crippen LogP) is 4.67. The van der Waals surface area contributed by atoms with Gasteiger partial charge in [0.25, 0.3) is 0 Å². The standard InChI is InChI=1S/C28H26N4O6/c29-16-19(17-30)22-15-21(38-26-12-9-20(33)14-23(22)26)10-7-18-8-11-25(34)24(13-18)31-27(35)5-3-1-2-4-6-28(36)32-37/h7-15,33-34,37H,1-6H2,(H,31,35)(H,32,36)/b10-7+. The fourth-order valence-electron chi connectivity index (χ4n) is 3.76. The molecule has 0 spiro atoms. The highest BCUT2D eigenvalue weighted by Gasteiger charge is 2.20. The van der Waals surface area contributed by atoms with Crippen LogP contribution in [0.5, 0.6) is 17.2 Å². The third-order valence-electron chi connectivity index (χ3n) is 5.68. The molecule has 0 radical (unpaired) electrons. The van der Waals surface area contributed by atoms with Crippen LogP contribution in [0.4, 0.5) is 5.69 Å². The number of anilines is 1. The van der Waals surface area contributed by atoms with Crippen LogP contribution in [-0.4, -0.2) is 27.2 Å². The van der Waals surface area contributed by atoms with Crippen molar-refractivity contribution in [3.8, 4) is 29.4 Å². The number of nitrogens with zero attached hydrogens (tertiary/aromatic N) is 2. The largest absolute Gasteiger partial charge is 0.508 e. The third-order valence-corrected chi connectivity index (χ3v) is 5.68. The quantitative estimate of drug-likeness (QED) is 0.0998. The summed E-state index contributed by atoms with van der Waals surface area (Å²) in [5.41, 5.74) is 3.08. The molecule has 2 aromatic rings. The molecule has 3 rings (SSSR count). The molecule has 0 unspecified atom stereocenters. The van der Waals surface area contributed by atoms with E-state index in [4.69, 9.17) is 9.94 Å². The molecule has 1 heterocycles. The first kappa shape index (κ1) is 27.5. The maximum absolute atomic E-state index is 12.3. The second-order valence-corrected chi connectivity index (χ2v) is 8.45. The minimum atomic E-state index is -0.436. The number of unbranched alkanes of at least 4 members (excludes halogenated alkanes) is 3. The molecule has 0 fully saturated rings. The lowest BCUT2D eigenvalue weighted by Crippen LogP contribution is -2.17. The Morgan fingerprint density at radius 3 is 2.32 bits per heavy atom. The van der Waals surface area contributed by atoms with Crippen molar-refractivity contribution in [3.63, 3.8) is 0 Å². The Kier molecular flexibility index (Phi) is 9.64. The lowest BCUT2D eigenvalue weighted by atomic mass is 9.97. The first-order valence-electron chi connectivity index (χ1n) is 11.9. The van der Waals surface area contributed by atoms with Gasteiger partial charge in [-0.05, 0) is 60.9 Å². The van der Waals surface area contributed by atoms with Crippen molar-refractivity contribution in [2.75, 3.05) is 5.32 Å². The van der Waals surface area contributed by atoms with Gasteiger partial charge in [0.15, 0.2) is 0 Å². The number of fused-ring (bicyclic) bond motifs is 1. The van der Waals surface area contributed by atoms with E-state index in [1.807, 2.05) is 12.1 Å². The van der Waals surface area contributed by atoms with Crippen molar-refractivity contribution in [3.05, 3.63) is 71.0 Å². The van der Waals surface area contributed by atoms with Crippen LogP contribution in [-0.2, 0) is 9.59 Å². The highest BCUT2D eigenvalue weighted by Crippen LogP contribution is 2.38. The molecule has 0 bridgehead atoms. The average molecular weight is 515 g/mol. The number of carbonyl (C=O) groups excluding carboxylic acids is 2.